The summed E-state index contributed by atoms with van der Waals surface area (Å²) in [6, 6.07) is 13.2. The molecule has 0 fully saturated rings. The van der Waals surface area contributed by atoms with Crippen molar-refractivity contribution >= 4 is 23.4 Å². The van der Waals surface area contributed by atoms with E-state index in [4.69, 9.17) is 4.74 Å². The number of nitriles is 1. The number of nitrogens with one attached hydrogen (secondary N) is 1. The smallest absolute Gasteiger partial charge is 0.266 e. The van der Waals surface area contributed by atoms with Crippen LogP contribution < -0.4 is 15.0 Å². The second kappa shape index (κ2) is 9.39. The third-order valence-electron chi connectivity index (χ3n) is 4.13. The number of benzene rings is 2. The highest BCUT2D eigenvalue weighted by molar-refractivity contribution is 6.09. The average Bonchev–Trinajstić information content (AvgIpc) is 2.69. The maximum absolute atomic E-state index is 13.7. The van der Waals surface area contributed by atoms with E-state index in [9.17, 15) is 14.4 Å². The Hall–Kier alpha value is -3.33. The van der Waals surface area contributed by atoms with Crippen molar-refractivity contribution in [3.8, 4) is 11.8 Å². The summed E-state index contributed by atoms with van der Waals surface area (Å²) in [6.07, 6.45) is 1.43. The van der Waals surface area contributed by atoms with E-state index in [0.717, 1.165) is 18.8 Å². The molecule has 0 aliphatic heterocycles. The summed E-state index contributed by atoms with van der Waals surface area (Å²) in [4.78, 5) is 14.5. The van der Waals surface area contributed by atoms with Gasteiger partial charge in [0.15, 0.2) is 0 Å². The van der Waals surface area contributed by atoms with Gasteiger partial charge in [-0.15, -0.1) is 0 Å². The van der Waals surface area contributed by atoms with Crippen LogP contribution in [-0.2, 0) is 4.79 Å². The molecule has 0 radical (unpaired) electrons. The molecule has 2 aromatic carbocycles. The molecule has 0 aliphatic carbocycles. The van der Waals surface area contributed by atoms with Gasteiger partial charge in [0.2, 0.25) is 0 Å². The number of carbonyl (C=O) groups is 1. The summed E-state index contributed by atoms with van der Waals surface area (Å²) in [5.74, 6) is -0.701. The normalized spacial score (nSPS) is 10.9. The number of methoxy groups -OCH3 is 1. The molecule has 0 saturated carbocycles. The van der Waals surface area contributed by atoms with Crippen molar-refractivity contribution in [1.29, 1.82) is 5.26 Å². The van der Waals surface area contributed by atoms with Crippen LogP contribution in [-0.4, -0.2) is 26.1 Å². The zero-order valence-corrected chi connectivity index (χ0v) is 15.6. The van der Waals surface area contributed by atoms with Crippen LogP contribution in [0.2, 0.25) is 0 Å². The minimum atomic E-state index is -0.683. The molecule has 1 amide bonds. The SMILES string of the molecule is CCN(CC)c1ccc(/C=C(/C#N)C(=O)Nc2ccccc2F)c(OC)c1. The standard InChI is InChI=1S/C21H22FN3O2/c1-4-25(5-2)17-11-10-15(20(13-17)27-3)12-16(14-23)21(26)24-19-9-7-6-8-18(19)22/h6-13H,4-5H2,1-3H3,(H,24,26)/b16-12-. The van der Waals surface area contributed by atoms with Gasteiger partial charge in [-0.2, -0.15) is 5.26 Å². The fraction of sp³-hybridized carbons (Fsp3) is 0.238. The number of rotatable bonds is 7. The highest BCUT2D eigenvalue weighted by Crippen LogP contribution is 2.27. The van der Waals surface area contributed by atoms with Crippen molar-refractivity contribution in [2.24, 2.45) is 0 Å². The fourth-order valence-electron chi connectivity index (χ4n) is 2.66. The predicted octanol–water partition coefficient (Wildman–Crippen LogP) is 4.23. The van der Waals surface area contributed by atoms with Crippen LogP contribution in [0.3, 0.4) is 0 Å². The molecule has 27 heavy (non-hydrogen) atoms. The van der Waals surface area contributed by atoms with Crippen LogP contribution in [0.5, 0.6) is 5.75 Å². The van der Waals surface area contributed by atoms with Crippen LogP contribution in [0.25, 0.3) is 6.08 Å². The van der Waals surface area contributed by atoms with E-state index in [1.54, 1.807) is 12.1 Å². The number of amides is 1. The third kappa shape index (κ3) is 4.85. The van der Waals surface area contributed by atoms with E-state index in [1.165, 1.54) is 31.4 Å². The van der Waals surface area contributed by atoms with Crippen molar-refractivity contribution in [3.05, 3.63) is 59.4 Å². The lowest BCUT2D eigenvalue weighted by molar-refractivity contribution is -0.112. The molecule has 0 aliphatic rings. The van der Waals surface area contributed by atoms with Crippen LogP contribution in [0.15, 0.2) is 48.0 Å². The molecular formula is C21H22FN3O2. The summed E-state index contributed by atoms with van der Waals surface area (Å²) in [7, 11) is 1.53. The lowest BCUT2D eigenvalue weighted by Crippen LogP contribution is -2.21. The van der Waals surface area contributed by atoms with Crippen molar-refractivity contribution in [1.82, 2.24) is 0 Å². The Bertz CT molecular complexity index is 883. The average molecular weight is 367 g/mol. The Labute approximate surface area is 158 Å². The molecule has 1 N–H and O–H groups in total. The largest absolute Gasteiger partial charge is 0.496 e. The summed E-state index contributed by atoms with van der Waals surface area (Å²) in [5.41, 5.74) is 1.46. The fourth-order valence-corrected chi connectivity index (χ4v) is 2.66. The molecule has 0 heterocycles. The molecule has 0 aromatic heterocycles. The number of hydrogen-bond acceptors (Lipinski definition) is 4. The van der Waals surface area contributed by atoms with Gasteiger partial charge >= 0.3 is 0 Å². The van der Waals surface area contributed by atoms with E-state index < -0.39 is 11.7 Å². The highest BCUT2D eigenvalue weighted by Gasteiger charge is 2.14. The summed E-state index contributed by atoms with van der Waals surface area (Å²) < 4.78 is 19.1. The Kier molecular flexibility index (Phi) is 6.95. The van der Waals surface area contributed by atoms with Gasteiger partial charge in [0.05, 0.1) is 12.8 Å². The Morgan fingerprint density at radius 3 is 2.56 bits per heavy atom. The Morgan fingerprint density at radius 1 is 1.26 bits per heavy atom. The van der Waals surface area contributed by atoms with Gasteiger partial charge < -0.3 is 15.0 Å². The van der Waals surface area contributed by atoms with E-state index >= 15 is 0 Å². The predicted molar refractivity (Wildman–Crippen MR) is 105 cm³/mol. The van der Waals surface area contributed by atoms with E-state index in [2.05, 4.69) is 24.1 Å². The van der Waals surface area contributed by atoms with Crippen molar-refractivity contribution < 1.29 is 13.9 Å². The maximum atomic E-state index is 13.7. The number of para-hydroxylation sites is 1. The summed E-state index contributed by atoms with van der Waals surface area (Å²) >= 11 is 0. The lowest BCUT2D eigenvalue weighted by Gasteiger charge is -2.22. The van der Waals surface area contributed by atoms with Gasteiger partial charge in [0.25, 0.3) is 5.91 Å². The first kappa shape index (κ1) is 20.0. The first-order valence-electron chi connectivity index (χ1n) is 8.64. The summed E-state index contributed by atoms with van der Waals surface area (Å²) in [6.45, 7) is 5.82. The van der Waals surface area contributed by atoms with E-state index in [1.807, 2.05) is 18.2 Å². The molecule has 140 valence electrons. The number of ether oxygens (including phenoxy) is 1. The number of hydrogen-bond donors (Lipinski definition) is 1. The molecular weight excluding hydrogens is 345 g/mol. The third-order valence-corrected chi connectivity index (χ3v) is 4.13. The zero-order chi connectivity index (χ0) is 19.8. The topological polar surface area (TPSA) is 65.4 Å². The first-order chi connectivity index (χ1) is 13.0. The molecule has 0 saturated heterocycles. The van der Waals surface area contributed by atoms with Crippen LogP contribution in [0.4, 0.5) is 15.8 Å². The maximum Gasteiger partial charge on any atom is 0.266 e. The van der Waals surface area contributed by atoms with Gasteiger partial charge in [-0.05, 0) is 44.2 Å². The molecule has 6 heteroatoms. The van der Waals surface area contributed by atoms with Gasteiger partial charge in [-0.1, -0.05) is 12.1 Å². The van der Waals surface area contributed by atoms with Gasteiger partial charge in [0, 0.05) is 30.4 Å². The molecule has 0 unspecified atom stereocenters. The van der Waals surface area contributed by atoms with E-state index in [-0.39, 0.29) is 11.3 Å². The zero-order valence-electron chi connectivity index (χ0n) is 15.6. The van der Waals surface area contributed by atoms with Crippen molar-refractivity contribution in [2.75, 3.05) is 30.4 Å². The van der Waals surface area contributed by atoms with Crippen molar-refractivity contribution in [3.63, 3.8) is 0 Å². The summed E-state index contributed by atoms with van der Waals surface area (Å²) in [5, 5.41) is 11.8. The van der Waals surface area contributed by atoms with Gasteiger partial charge in [-0.3, -0.25) is 4.79 Å². The number of halogens is 1. The monoisotopic (exact) mass is 367 g/mol. The Morgan fingerprint density at radius 2 is 1.96 bits per heavy atom. The second-order valence-electron chi connectivity index (χ2n) is 5.70. The lowest BCUT2D eigenvalue weighted by atomic mass is 10.1. The van der Waals surface area contributed by atoms with Crippen LogP contribution in [0.1, 0.15) is 19.4 Å². The van der Waals surface area contributed by atoms with Gasteiger partial charge in [0.1, 0.15) is 23.2 Å². The quantitative estimate of drug-likeness (QED) is 0.588. The van der Waals surface area contributed by atoms with Crippen molar-refractivity contribution in [2.45, 2.75) is 13.8 Å². The Balaban J connectivity index is 2.32. The highest BCUT2D eigenvalue weighted by atomic mass is 19.1. The minimum Gasteiger partial charge on any atom is -0.496 e. The van der Waals surface area contributed by atoms with Crippen LogP contribution >= 0.6 is 0 Å². The second-order valence-corrected chi connectivity index (χ2v) is 5.70. The van der Waals surface area contributed by atoms with E-state index in [0.29, 0.717) is 11.3 Å². The molecule has 0 bridgehead atoms. The van der Waals surface area contributed by atoms with Crippen LogP contribution in [0, 0.1) is 17.1 Å². The number of carbonyl (C=O) groups excluding carboxylic acids is 1. The number of anilines is 2. The van der Waals surface area contributed by atoms with Gasteiger partial charge in [-0.25, -0.2) is 4.39 Å². The molecule has 5 nitrogen and oxygen atoms in total. The molecule has 2 aromatic rings. The molecule has 0 atom stereocenters. The minimum absolute atomic E-state index is 0.0208. The molecule has 0 spiro atoms. The molecule has 2 rings (SSSR count). The number of nitrogens with zero attached hydrogens (tertiary/aromatic N) is 2. The first-order valence-corrected chi connectivity index (χ1v) is 8.64.